The van der Waals surface area contributed by atoms with Gasteiger partial charge in [-0.05, 0) is 18.1 Å². The van der Waals surface area contributed by atoms with Gasteiger partial charge >= 0.3 is 0 Å². The lowest BCUT2D eigenvalue weighted by atomic mass is 10.1. The van der Waals surface area contributed by atoms with E-state index in [9.17, 15) is 9.59 Å². The van der Waals surface area contributed by atoms with Crippen LogP contribution in [0.5, 0.6) is 0 Å². The molecular weight excluding hydrogens is 308 g/mol. The second kappa shape index (κ2) is 6.91. The van der Waals surface area contributed by atoms with Crippen LogP contribution in [-0.4, -0.2) is 20.8 Å². The van der Waals surface area contributed by atoms with Crippen molar-refractivity contribution in [3.8, 4) is 11.3 Å². The summed E-state index contributed by atoms with van der Waals surface area (Å²) in [5, 5.41) is 10.4. The minimum atomic E-state index is -0.406. The van der Waals surface area contributed by atoms with Gasteiger partial charge < -0.3 is 9.84 Å². The Kier molecular flexibility index (Phi) is 4.51. The Balaban J connectivity index is 1.80. The largest absolute Gasteiger partial charge is 0.363 e. The summed E-state index contributed by atoms with van der Waals surface area (Å²) in [5.74, 6) is -0.115. The lowest BCUT2D eigenvalue weighted by Crippen LogP contribution is -2.29. The number of hydrogen-bond acceptors (Lipinski definition) is 5. The average molecular weight is 324 g/mol. The highest BCUT2D eigenvalue weighted by Crippen LogP contribution is 2.16. The lowest BCUT2D eigenvalue weighted by Gasteiger charge is -2.07. The highest BCUT2D eigenvalue weighted by molar-refractivity contribution is 5.89. The zero-order valence-corrected chi connectivity index (χ0v) is 13.1. The van der Waals surface area contributed by atoms with E-state index in [4.69, 9.17) is 0 Å². The molecular formula is C17H16N4O3. The second-order valence-electron chi connectivity index (χ2n) is 5.20. The second-order valence-corrected chi connectivity index (χ2v) is 5.20. The maximum absolute atomic E-state index is 12.0. The van der Waals surface area contributed by atoms with Crippen LogP contribution in [0.25, 0.3) is 11.3 Å². The lowest BCUT2D eigenvalue weighted by molar-refractivity contribution is -0.117. The molecule has 0 fully saturated rings. The summed E-state index contributed by atoms with van der Waals surface area (Å²) < 4.78 is 5.76. The maximum atomic E-state index is 12.0. The van der Waals surface area contributed by atoms with Gasteiger partial charge in [-0.25, -0.2) is 4.68 Å². The molecule has 0 spiro atoms. The van der Waals surface area contributed by atoms with Gasteiger partial charge in [-0.3, -0.25) is 9.59 Å². The van der Waals surface area contributed by atoms with E-state index in [-0.39, 0.29) is 12.1 Å². The molecule has 24 heavy (non-hydrogen) atoms. The Hall–Kier alpha value is -3.22. The van der Waals surface area contributed by atoms with E-state index in [1.54, 1.807) is 6.07 Å². The van der Waals surface area contributed by atoms with Crippen molar-refractivity contribution in [2.45, 2.75) is 19.9 Å². The molecule has 0 atom stereocenters. The summed E-state index contributed by atoms with van der Waals surface area (Å²) >= 11 is 0. The molecule has 0 aliphatic rings. The first-order valence-corrected chi connectivity index (χ1v) is 7.53. The van der Waals surface area contributed by atoms with Crippen molar-refractivity contribution in [2.24, 2.45) is 0 Å². The van der Waals surface area contributed by atoms with Gasteiger partial charge in [0.1, 0.15) is 12.8 Å². The number of aromatic nitrogens is 3. The Morgan fingerprint density at radius 2 is 1.96 bits per heavy atom. The van der Waals surface area contributed by atoms with Crippen molar-refractivity contribution in [2.75, 3.05) is 5.32 Å². The summed E-state index contributed by atoms with van der Waals surface area (Å²) in [6, 6.07) is 12.5. The third-order valence-corrected chi connectivity index (χ3v) is 3.52. The van der Waals surface area contributed by atoms with Gasteiger partial charge in [-0.15, -0.1) is 0 Å². The van der Waals surface area contributed by atoms with Crippen LogP contribution >= 0.6 is 0 Å². The molecule has 3 aromatic rings. The summed E-state index contributed by atoms with van der Waals surface area (Å²) in [7, 11) is 0. The molecule has 3 rings (SSSR count). The number of carbonyl (C=O) groups is 1. The third kappa shape index (κ3) is 3.57. The predicted molar refractivity (Wildman–Crippen MR) is 88.4 cm³/mol. The van der Waals surface area contributed by atoms with Gasteiger partial charge in [0.25, 0.3) is 5.56 Å². The van der Waals surface area contributed by atoms with E-state index in [0.717, 1.165) is 16.7 Å². The molecule has 0 saturated carbocycles. The fraction of sp³-hybridized carbons (Fsp3) is 0.176. The van der Waals surface area contributed by atoms with Crippen molar-refractivity contribution >= 4 is 11.7 Å². The van der Waals surface area contributed by atoms with Crippen molar-refractivity contribution < 1.29 is 9.32 Å². The number of rotatable bonds is 5. The van der Waals surface area contributed by atoms with Gasteiger partial charge in [0.05, 0.1) is 5.69 Å². The van der Waals surface area contributed by atoms with E-state index >= 15 is 0 Å². The van der Waals surface area contributed by atoms with Gasteiger partial charge in [0.2, 0.25) is 5.91 Å². The van der Waals surface area contributed by atoms with Crippen LogP contribution in [-0.2, 0) is 17.8 Å². The van der Waals surface area contributed by atoms with Gasteiger partial charge in [0.15, 0.2) is 5.82 Å². The first-order valence-electron chi connectivity index (χ1n) is 7.53. The number of nitrogens with zero attached hydrogens (tertiary/aromatic N) is 3. The van der Waals surface area contributed by atoms with Gasteiger partial charge in [-0.2, -0.15) is 5.10 Å². The van der Waals surface area contributed by atoms with E-state index in [1.807, 2.05) is 24.3 Å². The van der Waals surface area contributed by atoms with Crippen LogP contribution < -0.4 is 10.9 Å². The van der Waals surface area contributed by atoms with Crippen molar-refractivity contribution in [1.82, 2.24) is 14.9 Å². The monoisotopic (exact) mass is 324 g/mol. The van der Waals surface area contributed by atoms with Crippen LogP contribution in [0.1, 0.15) is 12.5 Å². The Labute approximate surface area is 137 Å². The third-order valence-electron chi connectivity index (χ3n) is 3.52. The molecule has 0 bridgehead atoms. The van der Waals surface area contributed by atoms with Gasteiger partial charge in [0, 0.05) is 17.7 Å². The fourth-order valence-corrected chi connectivity index (χ4v) is 2.22. The number of carbonyl (C=O) groups excluding carboxylic acids is 1. The SMILES string of the molecule is CCc1ccc(-c2ccc(=O)n(CC(=O)Nc3ccon3)n2)cc1. The summed E-state index contributed by atoms with van der Waals surface area (Å²) in [5.41, 5.74) is 2.39. The summed E-state index contributed by atoms with van der Waals surface area (Å²) in [4.78, 5) is 23.9. The van der Waals surface area contributed by atoms with Gasteiger partial charge in [-0.1, -0.05) is 36.3 Å². The van der Waals surface area contributed by atoms with Crippen LogP contribution in [0, 0.1) is 0 Å². The van der Waals surface area contributed by atoms with Crippen molar-refractivity contribution in [3.05, 3.63) is 64.6 Å². The average Bonchev–Trinajstić information content (AvgIpc) is 3.10. The number of anilines is 1. The number of benzene rings is 1. The summed E-state index contributed by atoms with van der Waals surface area (Å²) in [6.07, 6.45) is 2.30. The predicted octanol–water partition coefficient (Wildman–Crippen LogP) is 2.10. The Morgan fingerprint density at radius 1 is 1.17 bits per heavy atom. The molecule has 2 heterocycles. The first kappa shape index (κ1) is 15.7. The Morgan fingerprint density at radius 3 is 2.62 bits per heavy atom. The minimum Gasteiger partial charge on any atom is -0.363 e. The normalized spacial score (nSPS) is 10.5. The molecule has 7 nitrogen and oxygen atoms in total. The molecule has 0 radical (unpaired) electrons. The number of hydrogen-bond donors (Lipinski definition) is 1. The van der Waals surface area contributed by atoms with Crippen LogP contribution in [0.2, 0.25) is 0 Å². The highest BCUT2D eigenvalue weighted by atomic mass is 16.5. The summed E-state index contributed by atoms with van der Waals surface area (Å²) in [6.45, 7) is 1.88. The smallest absolute Gasteiger partial charge is 0.267 e. The van der Waals surface area contributed by atoms with E-state index < -0.39 is 5.91 Å². The van der Waals surface area contributed by atoms with Crippen molar-refractivity contribution in [3.63, 3.8) is 0 Å². The standard InChI is InChI=1S/C17H16N4O3/c1-2-12-3-5-13(6-4-12)14-7-8-17(23)21(19-14)11-16(22)18-15-9-10-24-20-15/h3-10H,2,11H2,1H3,(H,18,20,22). The van der Waals surface area contributed by atoms with Crippen molar-refractivity contribution in [1.29, 1.82) is 0 Å². The molecule has 7 heteroatoms. The first-order chi connectivity index (χ1) is 11.7. The topological polar surface area (TPSA) is 90.0 Å². The number of aryl methyl sites for hydroxylation is 1. The molecule has 0 saturated heterocycles. The highest BCUT2D eigenvalue weighted by Gasteiger charge is 2.09. The van der Waals surface area contributed by atoms with Crippen LogP contribution in [0.3, 0.4) is 0 Å². The number of nitrogens with one attached hydrogen (secondary N) is 1. The zero-order valence-electron chi connectivity index (χ0n) is 13.1. The molecule has 122 valence electrons. The van der Waals surface area contributed by atoms with Crippen LogP contribution in [0.15, 0.2) is 58.0 Å². The minimum absolute atomic E-state index is 0.202. The van der Waals surface area contributed by atoms with E-state index in [1.165, 1.54) is 24.0 Å². The van der Waals surface area contributed by atoms with Crippen LogP contribution in [0.4, 0.5) is 5.82 Å². The van der Waals surface area contributed by atoms with E-state index in [2.05, 4.69) is 27.0 Å². The molecule has 1 amide bonds. The fourth-order valence-electron chi connectivity index (χ4n) is 2.22. The molecule has 1 N–H and O–H groups in total. The number of amides is 1. The molecule has 1 aromatic carbocycles. The molecule has 0 aliphatic heterocycles. The quantitative estimate of drug-likeness (QED) is 0.776. The molecule has 0 unspecified atom stereocenters. The Bertz CT molecular complexity index is 883. The van der Waals surface area contributed by atoms with E-state index in [0.29, 0.717) is 11.5 Å². The molecule has 2 aromatic heterocycles. The molecule has 0 aliphatic carbocycles. The maximum Gasteiger partial charge on any atom is 0.267 e. The zero-order chi connectivity index (χ0) is 16.9.